The maximum absolute atomic E-state index is 10.5. The molecule has 86 valence electrons. The number of rotatable bonds is 6. The average Bonchev–Trinajstić information content (AvgIpc) is 1.96. The van der Waals surface area contributed by atoms with E-state index in [1.807, 2.05) is 6.92 Å². The summed E-state index contributed by atoms with van der Waals surface area (Å²) in [6.07, 6.45) is 1.51. The van der Waals surface area contributed by atoms with Crippen molar-refractivity contribution in [2.45, 2.75) is 32.6 Å². The zero-order chi connectivity index (χ0) is 9.56. The van der Waals surface area contributed by atoms with Gasteiger partial charge >= 0.3 is 11.9 Å². The van der Waals surface area contributed by atoms with Crippen LogP contribution in [0.2, 0.25) is 0 Å². The molecule has 2 N–H and O–H groups in total. The second kappa shape index (κ2) is 11.0. The van der Waals surface area contributed by atoms with Gasteiger partial charge in [0.25, 0.3) is 0 Å². The van der Waals surface area contributed by atoms with Gasteiger partial charge in [0.2, 0.25) is 0 Å². The SMILES string of the molecule is Br.Br.CCCC(CCC(=O)O)C(=O)O. The standard InChI is InChI=1S/C8H14O4.2BrH/c1-2-3-6(8(11)12)4-5-7(9)10;;/h6H,2-5H2,1H3,(H,9,10)(H,11,12);2*1H. The zero-order valence-electron chi connectivity index (χ0n) is 7.93. The molecule has 14 heavy (non-hydrogen) atoms. The Balaban J connectivity index is -0.000000605. The van der Waals surface area contributed by atoms with Crippen LogP contribution in [-0.2, 0) is 9.59 Å². The molecular formula is C8H16Br2O4. The Morgan fingerprint density at radius 3 is 1.93 bits per heavy atom. The van der Waals surface area contributed by atoms with Crippen molar-refractivity contribution in [1.82, 2.24) is 0 Å². The quantitative estimate of drug-likeness (QED) is 0.782. The molecule has 0 spiro atoms. The molecule has 1 atom stereocenters. The third-order valence-corrected chi connectivity index (χ3v) is 1.69. The molecular weight excluding hydrogens is 320 g/mol. The number of halogens is 2. The lowest BCUT2D eigenvalue weighted by atomic mass is 9.98. The third-order valence-electron chi connectivity index (χ3n) is 1.69. The second-order valence-corrected chi connectivity index (χ2v) is 2.76. The normalized spacial score (nSPS) is 10.6. The van der Waals surface area contributed by atoms with Gasteiger partial charge in [-0.2, -0.15) is 0 Å². The van der Waals surface area contributed by atoms with E-state index in [2.05, 4.69) is 0 Å². The van der Waals surface area contributed by atoms with Crippen molar-refractivity contribution in [2.24, 2.45) is 5.92 Å². The molecule has 0 amide bonds. The molecule has 0 fully saturated rings. The van der Waals surface area contributed by atoms with Crippen LogP contribution in [0.1, 0.15) is 32.6 Å². The number of carbonyl (C=O) groups is 2. The van der Waals surface area contributed by atoms with Crippen molar-refractivity contribution < 1.29 is 19.8 Å². The van der Waals surface area contributed by atoms with Crippen molar-refractivity contribution in [3.63, 3.8) is 0 Å². The Bertz CT molecular complexity index is 173. The fourth-order valence-electron chi connectivity index (χ4n) is 1.04. The average molecular weight is 336 g/mol. The summed E-state index contributed by atoms with van der Waals surface area (Å²) in [4.78, 5) is 20.6. The number of carboxylic acids is 2. The molecule has 1 unspecified atom stereocenters. The molecule has 0 aromatic heterocycles. The highest BCUT2D eigenvalue weighted by molar-refractivity contribution is 8.93. The first-order chi connectivity index (χ1) is 5.57. The fourth-order valence-corrected chi connectivity index (χ4v) is 1.04. The molecule has 0 aliphatic heterocycles. The van der Waals surface area contributed by atoms with E-state index in [4.69, 9.17) is 10.2 Å². The number of carboxylic acid groups (broad SMARTS) is 2. The minimum atomic E-state index is -0.933. The second-order valence-electron chi connectivity index (χ2n) is 2.76. The highest BCUT2D eigenvalue weighted by atomic mass is 79.9. The van der Waals surface area contributed by atoms with E-state index in [1.165, 1.54) is 0 Å². The van der Waals surface area contributed by atoms with E-state index in [9.17, 15) is 9.59 Å². The van der Waals surface area contributed by atoms with Crippen LogP contribution in [-0.4, -0.2) is 22.2 Å². The Hall–Kier alpha value is -0.100. The van der Waals surface area contributed by atoms with Gasteiger partial charge in [-0.3, -0.25) is 9.59 Å². The number of hydrogen-bond acceptors (Lipinski definition) is 2. The van der Waals surface area contributed by atoms with Gasteiger partial charge in [-0.1, -0.05) is 13.3 Å². The van der Waals surface area contributed by atoms with Gasteiger partial charge in [-0.05, 0) is 12.8 Å². The summed E-state index contributed by atoms with van der Waals surface area (Å²) in [5.74, 6) is -2.32. The van der Waals surface area contributed by atoms with E-state index in [0.717, 1.165) is 6.42 Å². The van der Waals surface area contributed by atoms with E-state index < -0.39 is 17.9 Å². The molecule has 0 saturated carbocycles. The van der Waals surface area contributed by atoms with Gasteiger partial charge in [0, 0.05) is 6.42 Å². The van der Waals surface area contributed by atoms with Crippen LogP contribution in [0.15, 0.2) is 0 Å². The third kappa shape index (κ3) is 9.98. The van der Waals surface area contributed by atoms with Gasteiger partial charge < -0.3 is 10.2 Å². The summed E-state index contributed by atoms with van der Waals surface area (Å²) in [5, 5.41) is 16.9. The molecule has 0 bridgehead atoms. The zero-order valence-corrected chi connectivity index (χ0v) is 11.4. The van der Waals surface area contributed by atoms with Crippen LogP contribution in [0, 0.1) is 5.92 Å². The first-order valence-corrected chi connectivity index (χ1v) is 4.02. The fraction of sp³-hybridized carbons (Fsp3) is 0.750. The van der Waals surface area contributed by atoms with Crippen LogP contribution in [0.25, 0.3) is 0 Å². The van der Waals surface area contributed by atoms with Crippen LogP contribution < -0.4 is 0 Å². The molecule has 6 heteroatoms. The van der Waals surface area contributed by atoms with Crippen LogP contribution in [0.3, 0.4) is 0 Å². The van der Waals surface area contributed by atoms with Crippen molar-refractivity contribution in [3.8, 4) is 0 Å². The Morgan fingerprint density at radius 2 is 1.64 bits per heavy atom. The molecule has 0 aromatic rings. The first-order valence-electron chi connectivity index (χ1n) is 4.02. The Kier molecular flexibility index (Phi) is 15.3. The van der Waals surface area contributed by atoms with Gasteiger partial charge in [0.15, 0.2) is 0 Å². The van der Waals surface area contributed by atoms with Crippen molar-refractivity contribution in [2.75, 3.05) is 0 Å². The highest BCUT2D eigenvalue weighted by Crippen LogP contribution is 2.13. The summed E-state index contributed by atoms with van der Waals surface area (Å²) < 4.78 is 0. The largest absolute Gasteiger partial charge is 0.481 e. The van der Waals surface area contributed by atoms with E-state index in [-0.39, 0.29) is 46.8 Å². The maximum atomic E-state index is 10.5. The Morgan fingerprint density at radius 1 is 1.14 bits per heavy atom. The summed E-state index contributed by atoms with van der Waals surface area (Å²) in [5.41, 5.74) is 0. The van der Waals surface area contributed by atoms with E-state index in [0.29, 0.717) is 6.42 Å². The lowest BCUT2D eigenvalue weighted by molar-refractivity contribution is -0.143. The first kappa shape index (κ1) is 19.5. The van der Waals surface area contributed by atoms with E-state index >= 15 is 0 Å². The minimum absolute atomic E-state index is 0. The molecule has 0 heterocycles. The van der Waals surface area contributed by atoms with Crippen molar-refractivity contribution in [1.29, 1.82) is 0 Å². The van der Waals surface area contributed by atoms with Gasteiger partial charge in [-0.25, -0.2) is 0 Å². The Labute approximate surface area is 104 Å². The van der Waals surface area contributed by atoms with Gasteiger partial charge in [0.1, 0.15) is 0 Å². The van der Waals surface area contributed by atoms with Crippen molar-refractivity contribution in [3.05, 3.63) is 0 Å². The molecule has 0 saturated heterocycles. The molecule has 0 rings (SSSR count). The minimum Gasteiger partial charge on any atom is -0.481 e. The number of aliphatic carboxylic acids is 2. The smallest absolute Gasteiger partial charge is 0.306 e. The predicted molar refractivity (Wildman–Crippen MR) is 63.5 cm³/mol. The van der Waals surface area contributed by atoms with Crippen LogP contribution in [0.4, 0.5) is 0 Å². The molecule has 4 nitrogen and oxygen atoms in total. The van der Waals surface area contributed by atoms with E-state index in [1.54, 1.807) is 0 Å². The summed E-state index contributed by atoms with van der Waals surface area (Å²) in [7, 11) is 0. The van der Waals surface area contributed by atoms with Crippen molar-refractivity contribution >= 4 is 45.9 Å². The monoisotopic (exact) mass is 334 g/mol. The molecule has 0 aliphatic carbocycles. The summed E-state index contributed by atoms with van der Waals surface area (Å²) >= 11 is 0. The van der Waals surface area contributed by atoms with Gasteiger partial charge in [-0.15, -0.1) is 34.0 Å². The topological polar surface area (TPSA) is 74.6 Å². The summed E-state index contributed by atoms with van der Waals surface area (Å²) in [6.45, 7) is 1.89. The lowest BCUT2D eigenvalue weighted by Crippen LogP contribution is -2.14. The van der Waals surface area contributed by atoms with Crippen LogP contribution >= 0.6 is 34.0 Å². The lowest BCUT2D eigenvalue weighted by Gasteiger charge is -2.08. The maximum Gasteiger partial charge on any atom is 0.306 e. The molecule has 0 aliphatic rings. The molecule has 0 radical (unpaired) electrons. The molecule has 0 aromatic carbocycles. The predicted octanol–water partition coefficient (Wildman–Crippen LogP) is 2.51. The van der Waals surface area contributed by atoms with Crippen LogP contribution in [0.5, 0.6) is 0 Å². The summed E-state index contributed by atoms with van der Waals surface area (Å²) in [6, 6.07) is 0. The van der Waals surface area contributed by atoms with Gasteiger partial charge in [0.05, 0.1) is 5.92 Å². The highest BCUT2D eigenvalue weighted by Gasteiger charge is 2.16. The number of hydrogen-bond donors (Lipinski definition) is 2.